The first-order valence-corrected chi connectivity index (χ1v) is 11.4. The summed E-state index contributed by atoms with van der Waals surface area (Å²) in [6.07, 6.45) is 5.85. The van der Waals surface area contributed by atoms with E-state index >= 15 is 0 Å². The molecule has 0 atom stereocenters. The monoisotopic (exact) mass is 461 g/mol. The van der Waals surface area contributed by atoms with E-state index in [-0.39, 0.29) is 11.8 Å². The summed E-state index contributed by atoms with van der Waals surface area (Å²) in [6, 6.07) is 20.2. The van der Waals surface area contributed by atoms with Gasteiger partial charge in [-0.2, -0.15) is 5.26 Å². The number of carbonyl (C=O) groups excluding carboxylic acids is 2. The second-order valence-electron chi connectivity index (χ2n) is 8.83. The zero-order valence-electron chi connectivity index (χ0n) is 19.2. The first kappa shape index (κ1) is 22.2. The van der Waals surface area contributed by atoms with Crippen molar-refractivity contribution >= 4 is 34.2 Å². The number of nitrogens with zero attached hydrogens (tertiary/aromatic N) is 3. The molecule has 0 unspecified atom stereocenters. The fraction of sp³-hybridized carbons (Fsp3) is 0.179. The Morgan fingerprint density at radius 1 is 0.886 bits per heavy atom. The average Bonchev–Trinajstić information content (AvgIpc) is 2.85. The Bertz CT molecular complexity index is 1500. The molecule has 0 saturated heterocycles. The SMILES string of the molecule is Cc1ccc(NC(=O)c2cccc(C3(C#N)CCC3)c2)cc1NC(=O)c1ccc2nccnc2c1. The third kappa shape index (κ3) is 4.34. The molecule has 35 heavy (non-hydrogen) atoms. The summed E-state index contributed by atoms with van der Waals surface area (Å²) in [5, 5.41) is 15.5. The summed E-state index contributed by atoms with van der Waals surface area (Å²) in [7, 11) is 0. The van der Waals surface area contributed by atoms with Crippen LogP contribution in [0.15, 0.2) is 73.1 Å². The smallest absolute Gasteiger partial charge is 0.255 e. The van der Waals surface area contributed by atoms with E-state index in [1.54, 1.807) is 54.9 Å². The number of anilines is 2. The summed E-state index contributed by atoms with van der Waals surface area (Å²) in [5.41, 5.74) is 4.73. The second kappa shape index (κ2) is 8.99. The largest absolute Gasteiger partial charge is 0.322 e. The van der Waals surface area contributed by atoms with Gasteiger partial charge in [-0.05, 0) is 79.8 Å². The van der Waals surface area contributed by atoms with Gasteiger partial charge in [-0.3, -0.25) is 19.6 Å². The molecule has 2 N–H and O–H groups in total. The van der Waals surface area contributed by atoms with Gasteiger partial charge in [0.05, 0.1) is 22.5 Å². The third-order valence-electron chi connectivity index (χ3n) is 6.57. The predicted octanol–water partition coefficient (Wildman–Crippen LogP) is 5.39. The van der Waals surface area contributed by atoms with Crippen molar-refractivity contribution in [3.8, 4) is 6.07 Å². The predicted molar refractivity (Wildman–Crippen MR) is 134 cm³/mol. The Balaban J connectivity index is 1.33. The van der Waals surface area contributed by atoms with Gasteiger partial charge < -0.3 is 10.6 Å². The number of benzene rings is 3. The topological polar surface area (TPSA) is 108 Å². The summed E-state index contributed by atoms with van der Waals surface area (Å²) >= 11 is 0. The van der Waals surface area contributed by atoms with Crippen molar-refractivity contribution in [3.05, 3.63) is 95.3 Å². The second-order valence-corrected chi connectivity index (χ2v) is 8.83. The molecule has 2 amide bonds. The molecule has 0 bridgehead atoms. The number of rotatable bonds is 5. The van der Waals surface area contributed by atoms with E-state index in [0.29, 0.717) is 33.5 Å². The van der Waals surface area contributed by atoms with Crippen LogP contribution in [0.4, 0.5) is 11.4 Å². The van der Waals surface area contributed by atoms with Crippen LogP contribution in [0.1, 0.15) is 51.1 Å². The molecular weight excluding hydrogens is 438 g/mol. The maximum absolute atomic E-state index is 13.0. The minimum atomic E-state index is -0.480. The average molecular weight is 462 g/mol. The van der Waals surface area contributed by atoms with Crippen LogP contribution in [0.3, 0.4) is 0 Å². The molecule has 0 spiro atoms. The number of aromatic nitrogens is 2. The first-order valence-electron chi connectivity index (χ1n) is 11.4. The lowest BCUT2D eigenvalue weighted by Crippen LogP contribution is -2.32. The van der Waals surface area contributed by atoms with E-state index in [1.807, 2.05) is 25.1 Å². The van der Waals surface area contributed by atoms with Crippen LogP contribution in [-0.2, 0) is 5.41 Å². The Hall–Kier alpha value is -4.57. The zero-order valence-corrected chi connectivity index (χ0v) is 19.2. The zero-order chi connectivity index (χ0) is 24.4. The molecule has 5 rings (SSSR count). The van der Waals surface area contributed by atoms with E-state index < -0.39 is 5.41 Å². The fourth-order valence-electron chi connectivity index (χ4n) is 4.29. The summed E-state index contributed by atoms with van der Waals surface area (Å²) in [6.45, 7) is 1.89. The normalized spacial score (nSPS) is 13.9. The van der Waals surface area contributed by atoms with Gasteiger partial charge in [-0.15, -0.1) is 0 Å². The van der Waals surface area contributed by atoms with E-state index in [2.05, 4.69) is 26.7 Å². The molecule has 1 aromatic heterocycles. The lowest BCUT2D eigenvalue weighted by molar-refractivity contribution is 0.101. The molecule has 0 radical (unpaired) electrons. The van der Waals surface area contributed by atoms with Crippen LogP contribution in [0.25, 0.3) is 11.0 Å². The molecule has 1 aliphatic carbocycles. The van der Waals surface area contributed by atoms with Gasteiger partial charge in [-0.25, -0.2) is 0 Å². The summed E-state index contributed by atoms with van der Waals surface area (Å²) in [4.78, 5) is 34.3. The van der Waals surface area contributed by atoms with Crippen LogP contribution >= 0.6 is 0 Å². The quantitative estimate of drug-likeness (QED) is 0.414. The standard InChI is InChI=1S/C28H23N5O2/c1-18-6-8-22(32-26(34)19-4-2-5-21(14-19)28(17-29)10-3-11-28)16-24(18)33-27(35)20-7-9-23-25(15-20)31-13-12-30-23/h2,4-9,12-16H,3,10-11H2,1H3,(H,32,34)(H,33,35). The Labute approximate surface area is 202 Å². The van der Waals surface area contributed by atoms with Crippen molar-refractivity contribution < 1.29 is 9.59 Å². The summed E-state index contributed by atoms with van der Waals surface area (Å²) in [5.74, 6) is -0.548. The maximum atomic E-state index is 13.0. The van der Waals surface area contributed by atoms with Gasteiger partial charge in [-0.1, -0.05) is 18.2 Å². The van der Waals surface area contributed by atoms with Crippen LogP contribution in [0, 0.1) is 18.3 Å². The Morgan fingerprint density at radius 2 is 1.63 bits per heavy atom. The van der Waals surface area contributed by atoms with Crippen molar-refractivity contribution in [2.75, 3.05) is 10.6 Å². The molecule has 1 saturated carbocycles. The molecule has 172 valence electrons. The number of carbonyl (C=O) groups is 2. The highest BCUT2D eigenvalue weighted by atomic mass is 16.2. The number of nitrogens with one attached hydrogen (secondary N) is 2. The van der Waals surface area contributed by atoms with E-state index in [1.165, 1.54) is 0 Å². The minimum Gasteiger partial charge on any atom is -0.322 e. The lowest BCUT2D eigenvalue weighted by atomic mass is 9.65. The van der Waals surface area contributed by atoms with Crippen molar-refractivity contribution in [1.82, 2.24) is 9.97 Å². The van der Waals surface area contributed by atoms with Crippen LogP contribution in [0.2, 0.25) is 0 Å². The number of amides is 2. The number of hydrogen-bond donors (Lipinski definition) is 2. The van der Waals surface area contributed by atoms with E-state index in [4.69, 9.17) is 0 Å². The van der Waals surface area contributed by atoms with Gasteiger partial charge in [0.15, 0.2) is 0 Å². The number of hydrogen-bond acceptors (Lipinski definition) is 5. The molecule has 1 fully saturated rings. The lowest BCUT2D eigenvalue weighted by Gasteiger charge is -2.35. The van der Waals surface area contributed by atoms with Crippen LogP contribution in [-0.4, -0.2) is 21.8 Å². The highest BCUT2D eigenvalue weighted by molar-refractivity contribution is 6.07. The van der Waals surface area contributed by atoms with Crippen LogP contribution in [0.5, 0.6) is 0 Å². The highest BCUT2D eigenvalue weighted by Crippen LogP contribution is 2.43. The first-order chi connectivity index (χ1) is 17.0. The third-order valence-corrected chi connectivity index (χ3v) is 6.57. The van der Waals surface area contributed by atoms with Gasteiger partial charge >= 0.3 is 0 Å². The highest BCUT2D eigenvalue weighted by Gasteiger charge is 2.39. The van der Waals surface area contributed by atoms with E-state index in [0.717, 1.165) is 30.4 Å². The maximum Gasteiger partial charge on any atom is 0.255 e. The molecule has 1 heterocycles. The fourth-order valence-corrected chi connectivity index (χ4v) is 4.29. The van der Waals surface area contributed by atoms with E-state index in [9.17, 15) is 14.9 Å². The number of aryl methyl sites for hydroxylation is 1. The molecule has 4 aromatic rings. The number of nitriles is 1. The van der Waals surface area contributed by atoms with Crippen molar-refractivity contribution in [1.29, 1.82) is 5.26 Å². The Morgan fingerprint density at radius 3 is 2.37 bits per heavy atom. The van der Waals surface area contributed by atoms with Crippen LogP contribution < -0.4 is 10.6 Å². The molecule has 7 heteroatoms. The molecule has 1 aliphatic rings. The van der Waals surface area contributed by atoms with Crippen molar-refractivity contribution in [3.63, 3.8) is 0 Å². The van der Waals surface area contributed by atoms with Crippen molar-refractivity contribution in [2.45, 2.75) is 31.6 Å². The van der Waals surface area contributed by atoms with Gasteiger partial charge in [0, 0.05) is 34.9 Å². The van der Waals surface area contributed by atoms with Gasteiger partial charge in [0.1, 0.15) is 0 Å². The van der Waals surface area contributed by atoms with Gasteiger partial charge in [0.25, 0.3) is 11.8 Å². The van der Waals surface area contributed by atoms with Crippen molar-refractivity contribution in [2.24, 2.45) is 0 Å². The number of fused-ring (bicyclic) bond motifs is 1. The molecular formula is C28H23N5O2. The molecule has 7 nitrogen and oxygen atoms in total. The molecule has 0 aliphatic heterocycles. The molecule has 3 aromatic carbocycles. The minimum absolute atomic E-state index is 0.270. The van der Waals surface area contributed by atoms with Gasteiger partial charge in [0.2, 0.25) is 0 Å². The Kier molecular flexibility index (Phi) is 5.71. The summed E-state index contributed by atoms with van der Waals surface area (Å²) < 4.78 is 0.